The molecule has 2 aromatic heterocycles. The maximum atomic E-state index is 13.4. The zero-order valence-electron chi connectivity index (χ0n) is 17.2. The Bertz CT molecular complexity index is 1450. The third kappa shape index (κ3) is 2.87. The van der Waals surface area contributed by atoms with E-state index in [9.17, 15) is 19.8 Å². The van der Waals surface area contributed by atoms with E-state index >= 15 is 0 Å². The molecule has 0 spiro atoms. The van der Waals surface area contributed by atoms with Crippen LogP contribution in [-0.4, -0.2) is 42.8 Å². The Morgan fingerprint density at radius 1 is 0.812 bits per heavy atom. The minimum Gasteiger partial charge on any atom is -0.376 e. The van der Waals surface area contributed by atoms with Crippen molar-refractivity contribution >= 4 is 60.7 Å². The Kier molecular flexibility index (Phi) is 5.00. The molecular weight excluding hydrogens is 474 g/mol. The molecule has 0 saturated heterocycles. The van der Waals surface area contributed by atoms with Crippen molar-refractivity contribution in [1.82, 2.24) is 14.0 Å². The van der Waals surface area contributed by atoms with Crippen LogP contribution in [0.15, 0.2) is 59.3 Å². The molecule has 2 aromatic carbocycles. The average molecular weight is 494 g/mol. The summed E-state index contributed by atoms with van der Waals surface area (Å²) >= 11 is 3.45. The predicted molar refractivity (Wildman–Crippen MR) is 125 cm³/mol. The van der Waals surface area contributed by atoms with Crippen molar-refractivity contribution in [2.45, 2.75) is 20.2 Å². The number of aliphatic hydroxyl groups is 2. The lowest BCUT2D eigenvalue weighted by Crippen LogP contribution is -2.32. The number of rotatable bonds is 5. The van der Waals surface area contributed by atoms with E-state index in [1.54, 1.807) is 10.8 Å². The van der Waals surface area contributed by atoms with Gasteiger partial charge >= 0.3 is 0 Å². The minimum absolute atomic E-state index is 0.225. The van der Waals surface area contributed by atoms with Gasteiger partial charge in [0.25, 0.3) is 11.8 Å². The fourth-order valence-corrected chi connectivity index (χ4v) is 4.84. The smallest absolute Gasteiger partial charge is 0.264 e. The molecule has 8 heteroatoms. The van der Waals surface area contributed by atoms with E-state index in [1.165, 1.54) is 0 Å². The summed E-state index contributed by atoms with van der Waals surface area (Å²) in [6, 6.07) is 13.3. The second kappa shape index (κ2) is 7.74. The Hall–Kier alpha value is -3.20. The number of benzene rings is 2. The summed E-state index contributed by atoms with van der Waals surface area (Å²) in [5.41, 5.74) is 3.35. The van der Waals surface area contributed by atoms with Crippen molar-refractivity contribution < 1.29 is 19.8 Å². The number of para-hydroxylation sites is 1. The fourth-order valence-electron chi connectivity index (χ4n) is 4.49. The lowest BCUT2D eigenvalue weighted by molar-refractivity contribution is -0.139. The number of amides is 2. The summed E-state index contributed by atoms with van der Waals surface area (Å²) in [7, 11) is 0. The van der Waals surface area contributed by atoms with Crippen LogP contribution in [0.5, 0.6) is 0 Å². The summed E-state index contributed by atoms with van der Waals surface area (Å²) in [6.45, 7) is 1.73. The molecule has 0 unspecified atom stereocenters. The van der Waals surface area contributed by atoms with Crippen molar-refractivity contribution in [3.05, 3.63) is 70.5 Å². The lowest BCUT2D eigenvalue weighted by atomic mass is 9.95. The molecular formula is C24H20BrN3O4. The van der Waals surface area contributed by atoms with Crippen molar-refractivity contribution in [3.63, 3.8) is 0 Å². The molecule has 0 aliphatic carbocycles. The average Bonchev–Trinajstić information content (AvgIpc) is 3.42. The van der Waals surface area contributed by atoms with E-state index < -0.39 is 18.5 Å². The highest BCUT2D eigenvalue weighted by Gasteiger charge is 2.41. The molecule has 1 aliphatic rings. The molecule has 3 heterocycles. The van der Waals surface area contributed by atoms with Crippen LogP contribution < -0.4 is 0 Å². The van der Waals surface area contributed by atoms with Crippen molar-refractivity contribution in [3.8, 4) is 0 Å². The van der Waals surface area contributed by atoms with E-state index in [2.05, 4.69) is 15.9 Å². The molecule has 4 aromatic rings. The number of hydrogen-bond acceptors (Lipinski definition) is 4. The van der Waals surface area contributed by atoms with Gasteiger partial charge in [-0.2, -0.15) is 0 Å². The van der Waals surface area contributed by atoms with Crippen LogP contribution in [0, 0.1) is 0 Å². The van der Waals surface area contributed by atoms with Crippen LogP contribution in [0.3, 0.4) is 0 Å². The maximum Gasteiger partial charge on any atom is 0.264 e. The first-order valence-electron chi connectivity index (χ1n) is 10.2. The summed E-state index contributed by atoms with van der Waals surface area (Å²) in [4.78, 5) is 27.6. The molecule has 0 atom stereocenters. The highest BCUT2D eigenvalue weighted by molar-refractivity contribution is 9.10. The van der Waals surface area contributed by atoms with E-state index in [0.717, 1.165) is 31.2 Å². The highest BCUT2D eigenvalue weighted by Crippen LogP contribution is 2.41. The monoisotopic (exact) mass is 493 g/mol. The van der Waals surface area contributed by atoms with Gasteiger partial charge < -0.3 is 19.3 Å². The van der Waals surface area contributed by atoms with Crippen LogP contribution in [0.2, 0.25) is 0 Å². The molecule has 0 fully saturated rings. The van der Waals surface area contributed by atoms with Gasteiger partial charge in [0, 0.05) is 50.8 Å². The van der Waals surface area contributed by atoms with E-state index in [1.807, 2.05) is 60.2 Å². The largest absolute Gasteiger partial charge is 0.376 e. The molecule has 0 saturated carbocycles. The zero-order valence-corrected chi connectivity index (χ0v) is 18.8. The molecule has 0 radical (unpaired) electrons. The molecule has 5 rings (SSSR count). The summed E-state index contributed by atoms with van der Waals surface area (Å²) in [5, 5.41) is 21.3. The first-order chi connectivity index (χ1) is 15.5. The number of imide groups is 1. The topological polar surface area (TPSA) is 87.7 Å². The molecule has 162 valence electrons. The number of aryl methyl sites for hydroxylation is 1. The number of aliphatic hydroxyl groups excluding tert-OH is 2. The van der Waals surface area contributed by atoms with Gasteiger partial charge in [0.2, 0.25) is 0 Å². The molecule has 7 nitrogen and oxygen atoms in total. The van der Waals surface area contributed by atoms with Gasteiger partial charge in [-0.3, -0.25) is 14.5 Å². The predicted octanol–water partition coefficient (Wildman–Crippen LogP) is 3.56. The second-order valence-electron chi connectivity index (χ2n) is 7.59. The molecule has 32 heavy (non-hydrogen) atoms. The quantitative estimate of drug-likeness (QED) is 0.416. The van der Waals surface area contributed by atoms with Gasteiger partial charge in [0.1, 0.15) is 13.5 Å². The minimum atomic E-state index is -0.707. The normalized spacial score (nSPS) is 14.6. The van der Waals surface area contributed by atoms with Crippen molar-refractivity contribution in [1.29, 1.82) is 0 Å². The van der Waals surface area contributed by atoms with Crippen molar-refractivity contribution in [2.24, 2.45) is 0 Å². The van der Waals surface area contributed by atoms with Crippen LogP contribution >= 0.6 is 15.9 Å². The lowest BCUT2D eigenvalue weighted by Gasteiger charge is -2.10. The Balaban J connectivity index is 1.88. The van der Waals surface area contributed by atoms with E-state index in [0.29, 0.717) is 17.7 Å². The zero-order chi connectivity index (χ0) is 22.6. The Morgan fingerprint density at radius 2 is 1.44 bits per heavy atom. The number of halogens is 1. The van der Waals surface area contributed by atoms with Gasteiger partial charge in [-0.15, -0.1) is 0 Å². The maximum absolute atomic E-state index is 13.4. The number of carbonyl (C=O) groups is 2. The first kappa shape index (κ1) is 20.7. The van der Waals surface area contributed by atoms with Gasteiger partial charge in [-0.1, -0.05) is 40.2 Å². The number of hydrogen-bond donors (Lipinski definition) is 2. The van der Waals surface area contributed by atoms with Crippen LogP contribution in [0.1, 0.15) is 18.1 Å². The third-order valence-corrected chi connectivity index (χ3v) is 6.47. The Labute approximate surface area is 191 Å². The number of fused-ring (bicyclic) bond motifs is 2. The van der Waals surface area contributed by atoms with Gasteiger partial charge in [0.15, 0.2) is 0 Å². The molecule has 1 aliphatic heterocycles. The number of carbonyl (C=O) groups excluding carboxylic acids is 2. The standard InChI is InChI=1S/C24H20BrN3O4/c1-2-26-10-17(15-5-3-4-6-19(15)26)21-22(24(32)28(13-30)23(21)31)18-11-27(12-29)20-9-14(25)7-8-16(18)20/h3-11,29-30H,2,12-13H2,1H3. The molecule has 2 N–H and O–H groups in total. The van der Waals surface area contributed by atoms with Crippen LogP contribution in [-0.2, 0) is 22.9 Å². The first-order valence-corrected chi connectivity index (χ1v) is 11.0. The van der Waals surface area contributed by atoms with E-state index in [-0.39, 0.29) is 17.9 Å². The van der Waals surface area contributed by atoms with Gasteiger partial charge in [-0.05, 0) is 25.1 Å². The van der Waals surface area contributed by atoms with Gasteiger partial charge in [-0.25, -0.2) is 0 Å². The van der Waals surface area contributed by atoms with Crippen molar-refractivity contribution in [2.75, 3.05) is 6.73 Å². The molecule has 2 amide bonds. The summed E-state index contributed by atoms with van der Waals surface area (Å²) < 4.78 is 4.48. The highest BCUT2D eigenvalue weighted by atomic mass is 79.9. The number of nitrogens with zero attached hydrogens (tertiary/aromatic N) is 3. The second-order valence-corrected chi connectivity index (χ2v) is 8.51. The van der Waals surface area contributed by atoms with Crippen LogP contribution in [0.4, 0.5) is 0 Å². The summed E-state index contributed by atoms with van der Waals surface area (Å²) in [6.07, 6.45) is 3.56. The number of aromatic nitrogens is 2. The fraction of sp³-hybridized carbons (Fsp3) is 0.167. The van der Waals surface area contributed by atoms with E-state index in [4.69, 9.17) is 0 Å². The third-order valence-electron chi connectivity index (χ3n) is 5.97. The van der Waals surface area contributed by atoms with Gasteiger partial charge in [0.05, 0.1) is 16.7 Å². The molecule has 0 bridgehead atoms. The Morgan fingerprint density at radius 3 is 2.06 bits per heavy atom. The van der Waals surface area contributed by atoms with Crippen LogP contribution in [0.25, 0.3) is 33.0 Å². The summed E-state index contributed by atoms with van der Waals surface area (Å²) in [5.74, 6) is -1.09. The SMILES string of the molecule is CCn1cc(C2=C(c3cn(CO)c4cc(Br)ccc34)C(=O)N(CO)C2=O)c2ccccc21.